The van der Waals surface area contributed by atoms with Gasteiger partial charge in [-0.25, -0.2) is 8.78 Å². The van der Waals surface area contributed by atoms with Gasteiger partial charge in [-0.2, -0.15) is 0 Å². The second-order valence-electron chi connectivity index (χ2n) is 3.08. The average Bonchev–Trinajstić information content (AvgIpc) is 2.13. The number of hydrogen-bond acceptors (Lipinski definition) is 1. The van der Waals surface area contributed by atoms with Gasteiger partial charge in [-0.15, -0.1) is 0 Å². The van der Waals surface area contributed by atoms with Crippen molar-refractivity contribution in [2.24, 2.45) is 0 Å². The Morgan fingerprint density at radius 3 is 1.80 bits per heavy atom. The first-order chi connectivity index (χ1) is 4.61. The van der Waals surface area contributed by atoms with Crippen molar-refractivity contribution in [2.45, 2.75) is 32.2 Å². The summed E-state index contributed by atoms with van der Waals surface area (Å²) in [6, 6.07) is 0.263. The van der Waals surface area contributed by atoms with Crippen LogP contribution in [-0.2, 0) is 0 Å². The topological polar surface area (TPSA) is 3.24 Å². The maximum Gasteiger partial charge on any atom is 0.145 e. The lowest BCUT2D eigenvalue weighted by molar-refractivity contribution is 0.217. The summed E-state index contributed by atoms with van der Waals surface area (Å²) >= 11 is 0. The van der Waals surface area contributed by atoms with E-state index in [1.54, 1.807) is 0 Å². The molecule has 0 aromatic rings. The van der Waals surface area contributed by atoms with Gasteiger partial charge < -0.3 is 0 Å². The van der Waals surface area contributed by atoms with Crippen LogP contribution in [0.5, 0.6) is 0 Å². The fraction of sp³-hybridized carbons (Fsp3) is 1.00. The second-order valence-corrected chi connectivity index (χ2v) is 3.08. The molecule has 1 aliphatic heterocycles. The van der Waals surface area contributed by atoms with E-state index >= 15 is 0 Å². The normalized spacial score (nSPS) is 35.7. The van der Waals surface area contributed by atoms with Crippen LogP contribution in [0.15, 0.2) is 0 Å². The third kappa shape index (κ3) is 1.45. The predicted molar refractivity (Wildman–Crippen MR) is 36.5 cm³/mol. The highest BCUT2D eigenvalue weighted by molar-refractivity contribution is 4.85. The van der Waals surface area contributed by atoms with Gasteiger partial charge in [0.25, 0.3) is 0 Å². The van der Waals surface area contributed by atoms with Crippen LogP contribution in [0.3, 0.4) is 0 Å². The first-order valence-corrected chi connectivity index (χ1v) is 3.63. The zero-order valence-corrected chi connectivity index (χ0v) is 6.35. The molecule has 1 aliphatic rings. The van der Waals surface area contributed by atoms with Crippen molar-refractivity contribution in [1.82, 2.24) is 4.90 Å². The lowest BCUT2D eigenvalue weighted by Crippen LogP contribution is -2.28. The fourth-order valence-corrected chi connectivity index (χ4v) is 1.17. The van der Waals surface area contributed by atoms with E-state index in [1.807, 2.05) is 18.7 Å². The highest BCUT2D eigenvalue weighted by Gasteiger charge is 2.33. The third-order valence-electron chi connectivity index (χ3n) is 1.94. The molecule has 0 aromatic heterocycles. The molecule has 1 fully saturated rings. The van der Waals surface area contributed by atoms with E-state index in [-0.39, 0.29) is 19.1 Å². The lowest BCUT2D eigenvalue weighted by atomic mass is 10.3. The minimum Gasteiger partial charge on any atom is -0.295 e. The molecule has 0 amide bonds. The fourth-order valence-electron chi connectivity index (χ4n) is 1.17. The molecular weight excluding hydrogens is 136 g/mol. The number of rotatable bonds is 1. The summed E-state index contributed by atoms with van der Waals surface area (Å²) in [5.74, 6) is 0. The highest BCUT2D eigenvalue weighted by Crippen LogP contribution is 2.18. The first-order valence-electron chi connectivity index (χ1n) is 3.63. The molecule has 0 bridgehead atoms. The number of likely N-dealkylation sites (tertiary alicyclic amines) is 1. The summed E-state index contributed by atoms with van der Waals surface area (Å²) in [4.78, 5) is 1.81. The van der Waals surface area contributed by atoms with Gasteiger partial charge in [0, 0.05) is 19.1 Å². The zero-order chi connectivity index (χ0) is 7.72. The van der Waals surface area contributed by atoms with Crippen LogP contribution in [-0.4, -0.2) is 36.4 Å². The average molecular weight is 149 g/mol. The Morgan fingerprint density at radius 1 is 1.20 bits per heavy atom. The van der Waals surface area contributed by atoms with Crippen molar-refractivity contribution in [1.29, 1.82) is 0 Å². The van der Waals surface area contributed by atoms with Crippen LogP contribution < -0.4 is 0 Å². The minimum absolute atomic E-state index is 0.263. The van der Waals surface area contributed by atoms with Gasteiger partial charge in [0.15, 0.2) is 0 Å². The predicted octanol–water partition coefficient (Wildman–Crippen LogP) is 1.39. The second kappa shape index (κ2) is 2.82. The van der Waals surface area contributed by atoms with Crippen LogP contribution in [0, 0.1) is 0 Å². The summed E-state index contributed by atoms with van der Waals surface area (Å²) in [5.41, 5.74) is 0. The third-order valence-corrected chi connectivity index (χ3v) is 1.94. The Morgan fingerprint density at radius 2 is 1.60 bits per heavy atom. The summed E-state index contributed by atoms with van der Waals surface area (Å²) in [6.45, 7) is 4.42. The molecule has 2 atom stereocenters. The van der Waals surface area contributed by atoms with Crippen molar-refractivity contribution in [3.05, 3.63) is 0 Å². The maximum absolute atomic E-state index is 12.5. The quantitative estimate of drug-likeness (QED) is 0.544. The van der Waals surface area contributed by atoms with E-state index in [0.29, 0.717) is 0 Å². The molecule has 3 heteroatoms. The van der Waals surface area contributed by atoms with E-state index < -0.39 is 12.3 Å². The molecular formula is C7H13F2N. The molecule has 0 saturated carbocycles. The Kier molecular flexibility index (Phi) is 2.24. The molecule has 1 nitrogen and oxygen atoms in total. The number of hydrogen-bond donors (Lipinski definition) is 0. The monoisotopic (exact) mass is 149 g/mol. The van der Waals surface area contributed by atoms with E-state index in [0.717, 1.165) is 0 Å². The van der Waals surface area contributed by atoms with Crippen LogP contribution in [0.1, 0.15) is 13.8 Å². The summed E-state index contributed by atoms with van der Waals surface area (Å²) in [6.07, 6.45) is -2.52. The van der Waals surface area contributed by atoms with Crippen LogP contribution in [0.2, 0.25) is 0 Å². The molecule has 0 aliphatic carbocycles. The van der Waals surface area contributed by atoms with Crippen LogP contribution in [0.4, 0.5) is 8.78 Å². The van der Waals surface area contributed by atoms with Gasteiger partial charge in [0.2, 0.25) is 0 Å². The summed E-state index contributed by atoms with van der Waals surface area (Å²) < 4.78 is 25.0. The standard InChI is InChI=1S/C7H13F2N/c1-5(2)10-3-6(8)7(9)4-10/h5-7H,3-4H2,1-2H3/t6-,7-/m1/s1. The van der Waals surface area contributed by atoms with Crippen LogP contribution >= 0.6 is 0 Å². The van der Waals surface area contributed by atoms with Crippen molar-refractivity contribution in [3.8, 4) is 0 Å². The van der Waals surface area contributed by atoms with E-state index in [2.05, 4.69) is 0 Å². The molecule has 10 heavy (non-hydrogen) atoms. The SMILES string of the molecule is CC(C)N1C[C@@H](F)[C@H](F)C1. The van der Waals surface area contributed by atoms with Gasteiger partial charge in [-0.3, -0.25) is 4.90 Å². The van der Waals surface area contributed by atoms with E-state index in [9.17, 15) is 8.78 Å². The van der Waals surface area contributed by atoms with Crippen molar-refractivity contribution < 1.29 is 8.78 Å². The van der Waals surface area contributed by atoms with Gasteiger partial charge in [0.1, 0.15) is 12.3 Å². The van der Waals surface area contributed by atoms with Gasteiger partial charge in [-0.1, -0.05) is 0 Å². The number of nitrogens with zero attached hydrogens (tertiary/aromatic N) is 1. The zero-order valence-electron chi connectivity index (χ0n) is 6.35. The Labute approximate surface area is 60.0 Å². The van der Waals surface area contributed by atoms with Crippen molar-refractivity contribution >= 4 is 0 Å². The molecule has 0 aromatic carbocycles. The Balaban J connectivity index is 2.41. The molecule has 60 valence electrons. The smallest absolute Gasteiger partial charge is 0.145 e. The molecule has 1 rings (SSSR count). The molecule has 0 radical (unpaired) electrons. The van der Waals surface area contributed by atoms with Gasteiger partial charge in [-0.05, 0) is 13.8 Å². The van der Waals surface area contributed by atoms with E-state index in [1.165, 1.54) is 0 Å². The molecule has 0 N–H and O–H groups in total. The molecule has 0 unspecified atom stereocenters. The Hall–Kier alpha value is -0.180. The highest BCUT2D eigenvalue weighted by atomic mass is 19.2. The summed E-state index contributed by atoms with van der Waals surface area (Å²) in [7, 11) is 0. The molecule has 1 saturated heterocycles. The Bertz CT molecular complexity index is 106. The maximum atomic E-state index is 12.5. The van der Waals surface area contributed by atoms with Crippen molar-refractivity contribution in [2.75, 3.05) is 13.1 Å². The summed E-state index contributed by atoms with van der Waals surface area (Å²) in [5, 5.41) is 0. The first kappa shape index (κ1) is 7.92. The van der Waals surface area contributed by atoms with Gasteiger partial charge in [0.05, 0.1) is 0 Å². The largest absolute Gasteiger partial charge is 0.295 e. The van der Waals surface area contributed by atoms with E-state index in [4.69, 9.17) is 0 Å². The van der Waals surface area contributed by atoms with Gasteiger partial charge >= 0.3 is 0 Å². The number of halogens is 2. The number of alkyl halides is 2. The van der Waals surface area contributed by atoms with Crippen LogP contribution in [0.25, 0.3) is 0 Å². The molecule has 1 heterocycles. The molecule has 0 spiro atoms. The minimum atomic E-state index is -1.26. The van der Waals surface area contributed by atoms with Crippen molar-refractivity contribution in [3.63, 3.8) is 0 Å². The lowest BCUT2D eigenvalue weighted by Gasteiger charge is -2.18.